The number of piperidine rings is 1. The summed E-state index contributed by atoms with van der Waals surface area (Å²) in [5, 5.41) is 9.86. The van der Waals surface area contributed by atoms with E-state index in [0.717, 1.165) is 28.6 Å². The van der Waals surface area contributed by atoms with E-state index in [4.69, 9.17) is 0 Å². The molecule has 1 saturated heterocycles. The second kappa shape index (κ2) is 5.41. The maximum Gasteiger partial charge on any atom is 0.254 e. The van der Waals surface area contributed by atoms with Gasteiger partial charge in [0.1, 0.15) is 0 Å². The minimum Gasteiger partial charge on any atom is -0.391 e. The van der Waals surface area contributed by atoms with Crippen LogP contribution in [0.1, 0.15) is 29.3 Å². The Labute approximate surface area is 116 Å². The fourth-order valence-electron chi connectivity index (χ4n) is 2.27. The lowest BCUT2D eigenvalue weighted by Gasteiger charge is -2.34. The first-order valence-corrected chi connectivity index (χ1v) is 7.02. The Hall–Kier alpha value is -0.870. The lowest BCUT2D eigenvalue weighted by molar-refractivity contribution is 0.0248. The SMILES string of the molecule is Cc1cc(Br)ccc1C(=O)N1CCC(C)C(O)C1. The van der Waals surface area contributed by atoms with Gasteiger partial charge < -0.3 is 10.0 Å². The van der Waals surface area contributed by atoms with E-state index >= 15 is 0 Å². The average molecular weight is 312 g/mol. The van der Waals surface area contributed by atoms with Gasteiger partial charge in [-0.25, -0.2) is 0 Å². The number of halogens is 1. The number of carbonyl (C=O) groups excluding carboxylic acids is 1. The van der Waals surface area contributed by atoms with Crippen molar-refractivity contribution in [1.29, 1.82) is 0 Å². The van der Waals surface area contributed by atoms with E-state index in [1.807, 2.05) is 32.0 Å². The average Bonchev–Trinajstić information content (AvgIpc) is 2.32. The predicted molar refractivity (Wildman–Crippen MR) is 74.6 cm³/mol. The van der Waals surface area contributed by atoms with E-state index in [0.29, 0.717) is 6.54 Å². The van der Waals surface area contributed by atoms with Crippen molar-refractivity contribution in [2.45, 2.75) is 26.4 Å². The fourth-order valence-corrected chi connectivity index (χ4v) is 2.75. The Kier molecular flexibility index (Phi) is 4.07. The molecule has 1 aromatic rings. The fraction of sp³-hybridized carbons (Fsp3) is 0.500. The second-order valence-corrected chi connectivity index (χ2v) is 5.96. The third-order valence-electron chi connectivity index (χ3n) is 3.62. The highest BCUT2D eigenvalue weighted by molar-refractivity contribution is 9.10. The van der Waals surface area contributed by atoms with E-state index in [-0.39, 0.29) is 11.8 Å². The number of β-amino-alcohol motifs (C(OH)–C–C–N with tert-alkyl or cyclic N) is 1. The molecule has 0 saturated carbocycles. The zero-order valence-electron chi connectivity index (χ0n) is 10.7. The highest BCUT2D eigenvalue weighted by Gasteiger charge is 2.28. The summed E-state index contributed by atoms with van der Waals surface area (Å²) in [7, 11) is 0. The first-order valence-electron chi connectivity index (χ1n) is 6.22. The zero-order chi connectivity index (χ0) is 13.3. The van der Waals surface area contributed by atoms with Gasteiger partial charge in [0.15, 0.2) is 0 Å². The van der Waals surface area contributed by atoms with Gasteiger partial charge in [-0.1, -0.05) is 22.9 Å². The number of amides is 1. The number of nitrogens with zero attached hydrogens (tertiary/aromatic N) is 1. The summed E-state index contributed by atoms with van der Waals surface area (Å²) >= 11 is 3.39. The van der Waals surface area contributed by atoms with E-state index in [1.165, 1.54) is 0 Å². The van der Waals surface area contributed by atoms with Crippen LogP contribution in [0.3, 0.4) is 0 Å². The summed E-state index contributed by atoms with van der Waals surface area (Å²) in [5.74, 6) is 0.297. The predicted octanol–water partition coefficient (Wildman–Crippen LogP) is 2.60. The first-order chi connectivity index (χ1) is 8.49. The lowest BCUT2D eigenvalue weighted by atomic mass is 9.95. The standard InChI is InChI=1S/C14H18BrNO2/c1-9-5-6-16(8-13(9)17)14(18)12-4-3-11(15)7-10(12)2/h3-4,7,9,13,17H,5-6,8H2,1-2H3. The molecule has 98 valence electrons. The van der Waals surface area contributed by atoms with Crippen LogP contribution in [0, 0.1) is 12.8 Å². The summed E-state index contributed by atoms with van der Waals surface area (Å²) in [6.07, 6.45) is 0.459. The molecule has 1 aliphatic heterocycles. The van der Waals surface area contributed by atoms with Crippen molar-refractivity contribution in [1.82, 2.24) is 4.90 Å². The van der Waals surface area contributed by atoms with Crippen molar-refractivity contribution in [3.05, 3.63) is 33.8 Å². The molecule has 0 bridgehead atoms. The monoisotopic (exact) mass is 311 g/mol. The molecule has 1 heterocycles. The molecule has 1 amide bonds. The number of carbonyl (C=O) groups is 1. The molecule has 0 spiro atoms. The number of aryl methyl sites for hydroxylation is 1. The molecule has 2 unspecified atom stereocenters. The molecular weight excluding hydrogens is 294 g/mol. The van der Waals surface area contributed by atoms with Crippen LogP contribution in [0.2, 0.25) is 0 Å². The maximum absolute atomic E-state index is 12.4. The van der Waals surface area contributed by atoms with Crippen molar-refractivity contribution in [2.75, 3.05) is 13.1 Å². The third-order valence-corrected chi connectivity index (χ3v) is 4.12. The van der Waals surface area contributed by atoms with Crippen LogP contribution >= 0.6 is 15.9 Å². The van der Waals surface area contributed by atoms with Gasteiger partial charge in [0.25, 0.3) is 5.91 Å². The molecule has 0 aromatic heterocycles. The number of benzene rings is 1. The van der Waals surface area contributed by atoms with E-state index < -0.39 is 6.10 Å². The van der Waals surface area contributed by atoms with Gasteiger partial charge in [0, 0.05) is 23.1 Å². The molecule has 18 heavy (non-hydrogen) atoms. The van der Waals surface area contributed by atoms with Gasteiger partial charge in [0.2, 0.25) is 0 Å². The summed E-state index contributed by atoms with van der Waals surface area (Å²) in [5.41, 5.74) is 1.68. The molecule has 1 N–H and O–H groups in total. The van der Waals surface area contributed by atoms with Gasteiger partial charge in [-0.3, -0.25) is 4.79 Å². The number of rotatable bonds is 1. The minimum atomic E-state index is -0.404. The summed E-state index contributed by atoms with van der Waals surface area (Å²) in [4.78, 5) is 14.1. The quantitative estimate of drug-likeness (QED) is 0.866. The van der Waals surface area contributed by atoms with Crippen molar-refractivity contribution in [2.24, 2.45) is 5.92 Å². The molecular formula is C14H18BrNO2. The maximum atomic E-state index is 12.4. The lowest BCUT2D eigenvalue weighted by Crippen LogP contribution is -2.46. The highest BCUT2D eigenvalue weighted by Crippen LogP contribution is 2.21. The molecule has 4 heteroatoms. The molecule has 1 aliphatic rings. The molecule has 3 nitrogen and oxygen atoms in total. The van der Waals surface area contributed by atoms with Crippen LogP contribution in [0.4, 0.5) is 0 Å². The van der Waals surface area contributed by atoms with Gasteiger partial charge in [-0.05, 0) is 43.0 Å². The smallest absolute Gasteiger partial charge is 0.254 e. The van der Waals surface area contributed by atoms with Crippen LogP contribution in [0.25, 0.3) is 0 Å². The summed E-state index contributed by atoms with van der Waals surface area (Å²) in [6, 6.07) is 5.66. The largest absolute Gasteiger partial charge is 0.391 e. The molecule has 1 fully saturated rings. The number of likely N-dealkylation sites (tertiary alicyclic amines) is 1. The Morgan fingerprint density at radius 3 is 2.83 bits per heavy atom. The first kappa shape index (κ1) is 13.6. The highest BCUT2D eigenvalue weighted by atomic mass is 79.9. The molecule has 0 radical (unpaired) electrons. The van der Waals surface area contributed by atoms with Crippen molar-refractivity contribution >= 4 is 21.8 Å². The molecule has 2 rings (SSSR count). The van der Waals surface area contributed by atoms with Crippen molar-refractivity contribution < 1.29 is 9.90 Å². The second-order valence-electron chi connectivity index (χ2n) is 5.04. The van der Waals surface area contributed by atoms with E-state index in [1.54, 1.807) is 4.90 Å². The number of hydrogen-bond acceptors (Lipinski definition) is 2. The van der Waals surface area contributed by atoms with Crippen molar-refractivity contribution in [3.8, 4) is 0 Å². The van der Waals surface area contributed by atoms with Gasteiger partial charge in [0.05, 0.1) is 6.10 Å². The van der Waals surface area contributed by atoms with E-state index in [2.05, 4.69) is 15.9 Å². The Balaban J connectivity index is 2.16. The minimum absolute atomic E-state index is 0.0194. The zero-order valence-corrected chi connectivity index (χ0v) is 12.3. The van der Waals surface area contributed by atoms with E-state index in [9.17, 15) is 9.90 Å². The topological polar surface area (TPSA) is 40.5 Å². The van der Waals surface area contributed by atoms with Crippen LogP contribution in [-0.4, -0.2) is 35.1 Å². The number of aliphatic hydroxyl groups is 1. The van der Waals surface area contributed by atoms with Gasteiger partial charge >= 0.3 is 0 Å². The molecule has 0 aliphatic carbocycles. The van der Waals surface area contributed by atoms with Crippen LogP contribution < -0.4 is 0 Å². The Morgan fingerprint density at radius 1 is 1.50 bits per heavy atom. The van der Waals surface area contributed by atoms with Crippen LogP contribution in [-0.2, 0) is 0 Å². The van der Waals surface area contributed by atoms with Gasteiger partial charge in [-0.15, -0.1) is 0 Å². The number of hydrogen-bond donors (Lipinski definition) is 1. The van der Waals surface area contributed by atoms with Crippen LogP contribution in [0.15, 0.2) is 22.7 Å². The van der Waals surface area contributed by atoms with Crippen LogP contribution in [0.5, 0.6) is 0 Å². The Bertz CT molecular complexity index is 461. The Morgan fingerprint density at radius 2 is 2.22 bits per heavy atom. The molecule has 1 aromatic carbocycles. The summed E-state index contributed by atoms with van der Waals surface area (Å²) < 4.78 is 0.976. The normalized spacial score (nSPS) is 24.1. The van der Waals surface area contributed by atoms with Crippen molar-refractivity contribution in [3.63, 3.8) is 0 Å². The van der Waals surface area contributed by atoms with Gasteiger partial charge in [-0.2, -0.15) is 0 Å². The number of aliphatic hydroxyl groups excluding tert-OH is 1. The summed E-state index contributed by atoms with van der Waals surface area (Å²) in [6.45, 7) is 5.13. The third kappa shape index (κ3) is 2.75. The molecule has 2 atom stereocenters.